The Bertz CT molecular complexity index is 748. The van der Waals surface area contributed by atoms with Gasteiger partial charge in [0.2, 0.25) is 11.8 Å². The van der Waals surface area contributed by atoms with Crippen molar-refractivity contribution in [2.24, 2.45) is 11.8 Å². The first kappa shape index (κ1) is 12.3. The number of nitrogens with zero attached hydrogens (tertiary/aromatic N) is 2. The topological polar surface area (TPSA) is 70.4 Å². The number of hydrogen-bond donors (Lipinski definition) is 0. The Morgan fingerprint density at radius 3 is 2.76 bits per heavy atom. The Kier molecular flexibility index (Phi) is 2.23. The van der Waals surface area contributed by atoms with E-state index in [9.17, 15) is 14.9 Å². The molecule has 2 saturated heterocycles. The van der Waals surface area contributed by atoms with Gasteiger partial charge < -0.3 is 4.74 Å². The molecule has 4 rings (SSSR count). The van der Waals surface area contributed by atoms with Gasteiger partial charge in [-0.05, 0) is 19.1 Å². The molecule has 2 bridgehead atoms. The van der Waals surface area contributed by atoms with Crippen LogP contribution in [-0.4, -0.2) is 23.5 Å². The molecule has 1 aromatic carbocycles. The maximum absolute atomic E-state index is 12.7. The summed E-state index contributed by atoms with van der Waals surface area (Å²) in [5.41, 5.74) is -0.0174. The molecule has 0 radical (unpaired) electrons. The van der Waals surface area contributed by atoms with E-state index in [-0.39, 0.29) is 17.9 Å². The fourth-order valence-electron chi connectivity index (χ4n) is 3.65. The van der Waals surface area contributed by atoms with Crippen molar-refractivity contribution in [3.05, 3.63) is 42.0 Å². The average Bonchev–Trinajstić information content (AvgIpc) is 3.08. The van der Waals surface area contributed by atoms with E-state index in [1.54, 1.807) is 24.3 Å². The van der Waals surface area contributed by atoms with Gasteiger partial charge in [-0.15, -0.1) is 0 Å². The summed E-state index contributed by atoms with van der Waals surface area (Å²) in [5.74, 6) is -1.51. The third-order valence-electron chi connectivity index (χ3n) is 4.59. The quantitative estimate of drug-likeness (QED) is 0.576. The molecule has 0 spiro atoms. The van der Waals surface area contributed by atoms with E-state index in [0.717, 1.165) is 4.90 Å². The predicted molar refractivity (Wildman–Crippen MR) is 73.0 cm³/mol. The van der Waals surface area contributed by atoms with Crippen molar-refractivity contribution in [1.29, 1.82) is 5.26 Å². The Morgan fingerprint density at radius 1 is 1.29 bits per heavy atom. The highest BCUT2D eigenvalue weighted by atomic mass is 16.5. The standard InChI is InChI=1S/C16H12N2O3/c1-16-7-6-11(21-16)12-13(16)15(20)18(14(12)19)10-5-3-2-4-9(10)8-17/h2-7,11-13H,1H3/t11-,12+,13-,16-/m1/s1. The number of amides is 2. The van der Waals surface area contributed by atoms with E-state index in [1.807, 2.05) is 25.1 Å². The third kappa shape index (κ3) is 1.38. The number of imide groups is 1. The second kappa shape index (κ2) is 3.80. The molecule has 0 unspecified atom stereocenters. The van der Waals surface area contributed by atoms with Gasteiger partial charge in [0.1, 0.15) is 6.07 Å². The Balaban J connectivity index is 1.83. The average molecular weight is 280 g/mol. The summed E-state index contributed by atoms with van der Waals surface area (Å²) < 4.78 is 5.76. The van der Waals surface area contributed by atoms with Crippen molar-refractivity contribution in [3.8, 4) is 6.07 Å². The minimum atomic E-state index is -0.710. The lowest BCUT2D eigenvalue weighted by Gasteiger charge is -2.24. The molecule has 5 nitrogen and oxygen atoms in total. The Morgan fingerprint density at radius 2 is 2.05 bits per heavy atom. The molecule has 0 aromatic heterocycles. The van der Waals surface area contributed by atoms with E-state index in [4.69, 9.17) is 4.74 Å². The molecular weight excluding hydrogens is 268 g/mol. The van der Waals surface area contributed by atoms with E-state index >= 15 is 0 Å². The summed E-state index contributed by atoms with van der Waals surface area (Å²) >= 11 is 0. The van der Waals surface area contributed by atoms with Crippen LogP contribution >= 0.6 is 0 Å². The van der Waals surface area contributed by atoms with Crippen LogP contribution in [0.2, 0.25) is 0 Å². The van der Waals surface area contributed by atoms with Crippen LogP contribution in [0, 0.1) is 23.2 Å². The summed E-state index contributed by atoms with van der Waals surface area (Å²) in [7, 11) is 0. The number of rotatable bonds is 1. The van der Waals surface area contributed by atoms with Gasteiger partial charge >= 0.3 is 0 Å². The highest BCUT2D eigenvalue weighted by molar-refractivity contribution is 6.23. The lowest BCUT2D eigenvalue weighted by Crippen LogP contribution is -2.38. The normalized spacial score (nSPS) is 36.2. The molecule has 104 valence electrons. The molecule has 3 aliphatic rings. The van der Waals surface area contributed by atoms with Gasteiger partial charge in [-0.3, -0.25) is 9.59 Å². The molecule has 0 aliphatic carbocycles. The van der Waals surface area contributed by atoms with Gasteiger partial charge in [0.05, 0.1) is 34.8 Å². The largest absolute Gasteiger partial charge is 0.362 e. The van der Waals surface area contributed by atoms with Crippen LogP contribution < -0.4 is 4.90 Å². The van der Waals surface area contributed by atoms with Crippen LogP contribution in [0.3, 0.4) is 0 Å². The van der Waals surface area contributed by atoms with Crippen molar-refractivity contribution >= 4 is 17.5 Å². The van der Waals surface area contributed by atoms with Crippen molar-refractivity contribution < 1.29 is 14.3 Å². The summed E-state index contributed by atoms with van der Waals surface area (Å²) in [6, 6.07) is 8.70. The third-order valence-corrected chi connectivity index (χ3v) is 4.59. The van der Waals surface area contributed by atoms with E-state index in [2.05, 4.69) is 0 Å². The SMILES string of the molecule is C[C@]12C=C[C@@H](O1)[C@@H]1C(=O)N(c3ccccc3C#N)C(=O)[C@@H]12. The predicted octanol–water partition coefficient (Wildman–Crippen LogP) is 1.39. The van der Waals surface area contributed by atoms with Crippen molar-refractivity contribution in [2.75, 3.05) is 4.90 Å². The number of fused-ring (bicyclic) bond motifs is 5. The number of para-hydroxylation sites is 1. The molecule has 3 aliphatic heterocycles. The first-order valence-electron chi connectivity index (χ1n) is 6.81. The van der Waals surface area contributed by atoms with Crippen LogP contribution in [0.4, 0.5) is 5.69 Å². The lowest BCUT2D eigenvalue weighted by atomic mass is 9.78. The van der Waals surface area contributed by atoms with Crippen molar-refractivity contribution in [2.45, 2.75) is 18.6 Å². The van der Waals surface area contributed by atoms with Gasteiger partial charge in [0, 0.05) is 0 Å². The number of nitriles is 1. The fraction of sp³-hybridized carbons (Fsp3) is 0.312. The molecule has 0 saturated carbocycles. The highest BCUT2D eigenvalue weighted by Gasteiger charge is 2.66. The zero-order valence-corrected chi connectivity index (χ0v) is 11.3. The van der Waals surface area contributed by atoms with E-state index in [0.29, 0.717) is 11.3 Å². The van der Waals surface area contributed by atoms with Gasteiger partial charge in [-0.25, -0.2) is 4.90 Å². The number of anilines is 1. The van der Waals surface area contributed by atoms with Gasteiger partial charge in [0.25, 0.3) is 0 Å². The summed E-state index contributed by atoms with van der Waals surface area (Å²) in [4.78, 5) is 26.6. The van der Waals surface area contributed by atoms with E-state index < -0.39 is 17.4 Å². The Hall–Kier alpha value is -2.45. The van der Waals surface area contributed by atoms with Crippen LogP contribution in [0.5, 0.6) is 0 Å². The van der Waals surface area contributed by atoms with Gasteiger partial charge in [-0.1, -0.05) is 24.3 Å². The fourth-order valence-corrected chi connectivity index (χ4v) is 3.65. The maximum Gasteiger partial charge on any atom is 0.241 e. The van der Waals surface area contributed by atoms with Gasteiger partial charge in [0.15, 0.2) is 0 Å². The highest BCUT2D eigenvalue weighted by Crippen LogP contribution is 2.52. The molecule has 21 heavy (non-hydrogen) atoms. The van der Waals surface area contributed by atoms with Gasteiger partial charge in [-0.2, -0.15) is 5.26 Å². The zero-order chi connectivity index (χ0) is 14.8. The van der Waals surface area contributed by atoms with Crippen molar-refractivity contribution in [3.63, 3.8) is 0 Å². The van der Waals surface area contributed by atoms with Crippen LogP contribution in [0.25, 0.3) is 0 Å². The first-order chi connectivity index (χ1) is 10.1. The van der Waals surface area contributed by atoms with Crippen molar-refractivity contribution in [1.82, 2.24) is 0 Å². The zero-order valence-electron chi connectivity index (χ0n) is 11.3. The number of ether oxygens (including phenoxy) is 1. The first-order valence-corrected chi connectivity index (χ1v) is 6.81. The number of benzene rings is 1. The van der Waals surface area contributed by atoms with Crippen LogP contribution in [0.1, 0.15) is 12.5 Å². The Labute approximate surface area is 121 Å². The minimum absolute atomic E-state index is 0.272. The lowest BCUT2D eigenvalue weighted by molar-refractivity contribution is -0.126. The summed E-state index contributed by atoms with van der Waals surface area (Å²) in [6.45, 7) is 1.83. The molecule has 5 heteroatoms. The molecule has 4 atom stereocenters. The summed E-state index contributed by atoms with van der Waals surface area (Å²) in [5, 5.41) is 9.18. The number of carbonyl (C=O) groups is 2. The second-order valence-electron chi connectivity index (χ2n) is 5.77. The number of hydrogen-bond acceptors (Lipinski definition) is 4. The minimum Gasteiger partial charge on any atom is -0.362 e. The molecular formula is C16H12N2O3. The molecule has 0 N–H and O–H groups in total. The molecule has 2 amide bonds. The monoisotopic (exact) mass is 280 g/mol. The number of carbonyl (C=O) groups excluding carboxylic acids is 2. The molecule has 1 aromatic rings. The molecule has 3 heterocycles. The maximum atomic E-state index is 12.7. The molecule has 2 fully saturated rings. The summed E-state index contributed by atoms with van der Waals surface area (Å²) in [6.07, 6.45) is 3.38. The van der Waals surface area contributed by atoms with E-state index in [1.165, 1.54) is 0 Å². The smallest absolute Gasteiger partial charge is 0.241 e. The second-order valence-corrected chi connectivity index (χ2v) is 5.77. The van der Waals surface area contributed by atoms with Crippen LogP contribution in [0.15, 0.2) is 36.4 Å². The van der Waals surface area contributed by atoms with Crippen LogP contribution in [-0.2, 0) is 14.3 Å².